The smallest absolute Gasteiger partial charge is 0.235 e. The molecule has 2 aliphatic carbocycles. The van der Waals surface area contributed by atoms with Crippen molar-refractivity contribution >= 4 is 45.7 Å². The molecule has 2 saturated heterocycles. The van der Waals surface area contributed by atoms with Crippen LogP contribution in [0.4, 0.5) is 23.0 Å². The molecule has 0 radical (unpaired) electrons. The van der Waals surface area contributed by atoms with E-state index in [0.717, 1.165) is 114 Å². The van der Waals surface area contributed by atoms with Gasteiger partial charge < -0.3 is 19.5 Å². The Morgan fingerprint density at radius 1 is 0.656 bits per heavy atom. The average Bonchev–Trinajstić information content (AvgIpc) is 3.81. The number of fused-ring (bicyclic) bond motifs is 1. The van der Waals surface area contributed by atoms with E-state index in [1.54, 1.807) is 19.5 Å². The number of pyridine rings is 2. The molecule has 2 amide bonds. The largest absolute Gasteiger partial charge is 0.495 e. The lowest BCUT2D eigenvalue weighted by molar-refractivity contribution is -0.157. The van der Waals surface area contributed by atoms with Crippen LogP contribution >= 0.6 is 0 Å². The molecule has 0 spiro atoms. The van der Waals surface area contributed by atoms with Gasteiger partial charge in [-0.15, -0.1) is 0 Å². The number of piperazine rings is 2. The van der Waals surface area contributed by atoms with E-state index in [1.807, 2.05) is 58.3 Å². The van der Waals surface area contributed by atoms with Crippen molar-refractivity contribution in [3.05, 3.63) is 104 Å². The zero-order valence-electron chi connectivity index (χ0n) is 38.0. The summed E-state index contributed by atoms with van der Waals surface area (Å²) in [6.07, 6.45) is 14.4. The first-order chi connectivity index (χ1) is 31.4. The van der Waals surface area contributed by atoms with Gasteiger partial charge in [0.2, 0.25) is 11.8 Å². The molecular formula is C52H67N9O3. The number of carbonyl (C=O) groups excluding carboxylic acids is 2. The minimum Gasteiger partial charge on any atom is -0.495 e. The SMILES string of the molecule is COc1ccccc1N1CCN(CCN(C(=O)C2(C3(C(=O)N(CC(C)N4CCN(c5c[nH]c6ccccc56)CC4)c4ccccn4)CCCCC3)CCCCC2)c2ccccn2)CC1. The molecule has 5 aromatic rings. The molecule has 4 fully saturated rings. The van der Waals surface area contributed by atoms with E-state index in [2.05, 4.69) is 74.1 Å². The van der Waals surface area contributed by atoms with Crippen molar-refractivity contribution < 1.29 is 14.3 Å². The predicted molar refractivity (Wildman–Crippen MR) is 257 cm³/mol. The number of nitrogens with one attached hydrogen (secondary N) is 1. The summed E-state index contributed by atoms with van der Waals surface area (Å²) < 4.78 is 5.69. The van der Waals surface area contributed by atoms with E-state index in [-0.39, 0.29) is 17.9 Å². The van der Waals surface area contributed by atoms with Crippen molar-refractivity contribution in [2.45, 2.75) is 77.2 Å². The van der Waals surface area contributed by atoms with Crippen molar-refractivity contribution in [2.24, 2.45) is 10.8 Å². The standard InChI is InChI=1S/C52H67N9O3/c1-41(57-34-36-59(37-35-57)45-39-55-43-18-6-5-17-42(43)45)40-61(48-22-10-16-28-54-48)50(63)52(25-13-4-14-26-52)51(23-11-3-12-24-51)49(62)60(47-21-9-15-27-53-47)38-31-56-29-32-58(33-30-56)44-19-7-8-20-46(44)64-2/h5-10,15-22,27-28,39,41,55H,3-4,11-14,23-26,29-38,40H2,1-2H3. The van der Waals surface area contributed by atoms with Gasteiger partial charge in [0.05, 0.1) is 29.3 Å². The highest BCUT2D eigenvalue weighted by atomic mass is 16.5. The lowest BCUT2D eigenvalue weighted by Crippen LogP contribution is -2.63. The minimum absolute atomic E-state index is 0.0798. The van der Waals surface area contributed by atoms with Crippen molar-refractivity contribution in [1.29, 1.82) is 0 Å². The number of hydrogen-bond acceptors (Lipinski definition) is 9. The number of amides is 2. The van der Waals surface area contributed by atoms with E-state index in [1.165, 1.54) is 11.1 Å². The number of aromatic amines is 1. The Bertz CT molecular complexity index is 2290. The summed E-state index contributed by atoms with van der Waals surface area (Å²) in [5, 5.41) is 1.25. The normalized spacial score (nSPS) is 19.8. The molecule has 12 nitrogen and oxygen atoms in total. The Hall–Kier alpha value is -5.46. The molecule has 1 atom stereocenters. The number of carbonyl (C=O) groups is 2. The fraction of sp³-hybridized carbons (Fsp3) is 0.500. The van der Waals surface area contributed by atoms with Gasteiger partial charge in [-0.1, -0.05) is 81.0 Å². The lowest BCUT2D eigenvalue weighted by Gasteiger charge is -2.55. The third-order valence-electron chi connectivity index (χ3n) is 15.2. The van der Waals surface area contributed by atoms with E-state index in [4.69, 9.17) is 14.7 Å². The van der Waals surface area contributed by atoms with Crippen molar-refractivity contribution in [1.82, 2.24) is 24.8 Å². The van der Waals surface area contributed by atoms with Crippen LogP contribution in [0, 0.1) is 10.8 Å². The molecule has 5 heterocycles. The van der Waals surface area contributed by atoms with Gasteiger partial charge in [0.1, 0.15) is 17.4 Å². The number of H-pyrrole nitrogens is 1. The average molecular weight is 866 g/mol. The molecule has 338 valence electrons. The monoisotopic (exact) mass is 866 g/mol. The highest BCUT2D eigenvalue weighted by molar-refractivity contribution is 6.06. The Morgan fingerprint density at radius 2 is 1.20 bits per heavy atom. The summed E-state index contributed by atoms with van der Waals surface area (Å²) >= 11 is 0. The third kappa shape index (κ3) is 8.71. The molecule has 12 heteroatoms. The second-order valence-corrected chi connectivity index (χ2v) is 18.6. The number of ether oxygens (including phenoxy) is 1. The molecule has 4 aliphatic rings. The van der Waals surface area contributed by atoms with Gasteiger partial charge in [0, 0.05) is 108 Å². The molecule has 2 saturated carbocycles. The van der Waals surface area contributed by atoms with E-state index < -0.39 is 10.8 Å². The molecule has 1 N–H and O–H groups in total. The number of para-hydroxylation sites is 3. The lowest BCUT2D eigenvalue weighted by atomic mass is 9.51. The molecule has 3 aromatic heterocycles. The van der Waals surface area contributed by atoms with Crippen LogP contribution in [0.25, 0.3) is 10.9 Å². The van der Waals surface area contributed by atoms with Crippen LogP contribution in [0.1, 0.15) is 71.1 Å². The van der Waals surface area contributed by atoms with Crippen LogP contribution < -0.4 is 24.3 Å². The zero-order chi connectivity index (χ0) is 43.9. The molecule has 2 aliphatic heterocycles. The minimum atomic E-state index is -0.860. The molecule has 0 bridgehead atoms. The maximum absolute atomic E-state index is 16.2. The first kappa shape index (κ1) is 43.8. The topological polar surface area (TPSA) is 104 Å². The maximum atomic E-state index is 16.2. The third-order valence-corrected chi connectivity index (χ3v) is 15.2. The van der Waals surface area contributed by atoms with Gasteiger partial charge in [-0.3, -0.25) is 29.2 Å². The zero-order valence-corrected chi connectivity index (χ0v) is 38.0. The van der Waals surface area contributed by atoms with Crippen LogP contribution in [-0.4, -0.2) is 122 Å². The predicted octanol–water partition coefficient (Wildman–Crippen LogP) is 8.27. The Morgan fingerprint density at radius 3 is 1.83 bits per heavy atom. The van der Waals surface area contributed by atoms with Crippen LogP contribution in [-0.2, 0) is 9.59 Å². The van der Waals surface area contributed by atoms with Crippen molar-refractivity contribution in [3.8, 4) is 5.75 Å². The number of benzene rings is 2. The molecule has 9 rings (SSSR count). The Labute approximate surface area is 379 Å². The quantitative estimate of drug-likeness (QED) is 0.118. The maximum Gasteiger partial charge on any atom is 0.235 e. The number of aromatic nitrogens is 3. The molecular weight excluding hydrogens is 799 g/mol. The fourth-order valence-electron chi connectivity index (χ4n) is 11.7. The van der Waals surface area contributed by atoms with Gasteiger partial charge in [-0.25, -0.2) is 9.97 Å². The van der Waals surface area contributed by atoms with Crippen LogP contribution in [0.2, 0.25) is 0 Å². The Kier molecular flexibility index (Phi) is 13.5. The number of nitrogens with zero attached hydrogens (tertiary/aromatic N) is 8. The summed E-state index contributed by atoms with van der Waals surface area (Å²) in [5.41, 5.74) is 1.81. The van der Waals surface area contributed by atoms with Gasteiger partial charge in [-0.2, -0.15) is 0 Å². The number of rotatable bonds is 14. The van der Waals surface area contributed by atoms with E-state index in [9.17, 15) is 0 Å². The number of methoxy groups -OCH3 is 1. The fourth-order valence-corrected chi connectivity index (χ4v) is 11.7. The van der Waals surface area contributed by atoms with E-state index >= 15 is 9.59 Å². The summed E-state index contributed by atoms with van der Waals surface area (Å²) in [6, 6.07) is 28.6. The summed E-state index contributed by atoms with van der Waals surface area (Å²) in [7, 11) is 1.73. The van der Waals surface area contributed by atoms with Gasteiger partial charge in [0.25, 0.3) is 0 Å². The summed E-state index contributed by atoms with van der Waals surface area (Å²) in [5.74, 6) is 2.40. The van der Waals surface area contributed by atoms with Crippen molar-refractivity contribution in [3.63, 3.8) is 0 Å². The highest BCUT2D eigenvalue weighted by Gasteiger charge is 2.62. The van der Waals surface area contributed by atoms with Gasteiger partial charge in [0.15, 0.2) is 0 Å². The number of anilines is 4. The van der Waals surface area contributed by atoms with Crippen molar-refractivity contribution in [2.75, 3.05) is 98.7 Å². The second kappa shape index (κ2) is 19.7. The first-order valence-corrected chi connectivity index (χ1v) is 24.0. The van der Waals surface area contributed by atoms with Crippen LogP contribution in [0.5, 0.6) is 5.75 Å². The highest BCUT2D eigenvalue weighted by Crippen LogP contribution is 2.59. The van der Waals surface area contributed by atoms with E-state index in [0.29, 0.717) is 50.4 Å². The molecule has 64 heavy (non-hydrogen) atoms. The summed E-state index contributed by atoms with van der Waals surface area (Å²) in [4.78, 5) is 59.3. The summed E-state index contributed by atoms with van der Waals surface area (Å²) in [6.45, 7) is 11.1. The molecule has 1 unspecified atom stereocenters. The number of hydrogen-bond donors (Lipinski definition) is 1. The second-order valence-electron chi connectivity index (χ2n) is 18.6. The van der Waals surface area contributed by atoms with Crippen LogP contribution in [0.3, 0.4) is 0 Å². The first-order valence-electron chi connectivity index (χ1n) is 24.0. The van der Waals surface area contributed by atoms with Crippen LogP contribution in [0.15, 0.2) is 104 Å². The molecule has 2 aromatic carbocycles. The van der Waals surface area contributed by atoms with Gasteiger partial charge >= 0.3 is 0 Å². The Balaban J connectivity index is 0.978. The van der Waals surface area contributed by atoms with Gasteiger partial charge in [-0.05, 0) is 75.1 Å².